The predicted molar refractivity (Wildman–Crippen MR) is 107 cm³/mol. The molecule has 7 heteroatoms. The second-order valence-corrected chi connectivity index (χ2v) is 7.22. The third-order valence-electron chi connectivity index (χ3n) is 5.37. The molecule has 5 nitrogen and oxygen atoms in total. The molecule has 29 heavy (non-hydrogen) atoms. The van der Waals surface area contributed by atoms with Crippen molar-refractivity contribution in [3.63, 3.8) is 0 Å². The zero-order chi connectivity index (χ0) is 19.8. The van der Waals surface area contributed by atoms with E-state index in [1.807, 2.05) is 12.4 Å². The second kappa shape index (κ2) is 7.24. The van der Waals surface area contributed by atoms with Crippen LogP contribution >= 0.6 is 0 Å². The summed E-state index contributed by atoms with van der Waals surface area (Å²) in [4.78, 5) is 15.4. The molecule has 3 heterocycles. The molecule has 0 aliphatic carbocycles. The number of fused-ring (bicyclic) bond motifs is 2. The molecule has 0 amide bonds. The van der Waals surface area contributed by atoms with Crippen LogP contribution in [0.25, 0.3) is 11.0 Å². The Morgan fingerprint density at radius 2 is 1.76 bits per heavy atom. The van der Waals surface area contributed by atoms with Crippen LogP contribution in [0.15, 0.2) is 55.0 Å². The lowest BCUT2D eigenvalue weighted by molar-refractivity contribution is 0.510. The van der Waals surface area contributed by atoms with E-state index in [9.17, 15) is 8.78 Å². The van der Waals surface area contributed by atoms with E-state index in [2.05, 4.69) is 48.7 Å². The van der Waals surface area contributed by atoms with Gasteiger partial charge < -0.3 is 9.47 Å². The van der Waals surface area contributed by atoms with Gasteiger partial charge in [0.2, 0.25) is 0 Å². The third kappa shape index (κ3) is 3.44. The Bertz CT molecular complexity index is 1170. The van der Waals surface area contributed by atoms with E-state index < -0.39 is 11.6 Å². The van der Waals surface area contributed by atoms with E-state index in [1.165, 1.54) is 11.3 Å². The van der Waals surface area contributed by atoms with Gasteiger partial charge in [0.25, 0.3) is 0 Å². The van der Waals surface area contributed by atoms with Crippen molar-refractivity contribution < 1.29 is 8.78 Å². The molecule has 0 atom stereocenters. The molecule has 0 spiro atoms. The van der Waals surface area contributed by atoms with E-state index in [-0.39, 0.29) is 0 Å². The third-order valence-corrected chi connectivity index (χ3v) is 5.37. The van der Waals surface area contributed by atoms with Gasteiger partial charge in [-0.3, -0.25) is 4.98 Å². The lowest BCUT2D eigenvalue weighted by atomic mass is 10.1. The molecule has 146 valence electrons. The summed E-state index contributed by atoms with van der Waals surface area (Å²) < 4.78 is 29.2. The number of hydrogen-bond acceptors (Lipinski definition) is 4. The smallest absolute Gasteiger partial charge is 0.161 e. The highest BCUT2D eigenvalue weighted by atomic mass is 19.2. The summed E-state index contributed by atoms with van der Waals surface area (Å²) in [5, 5.41) is 0. The Balaban J connectivity index is 1.34. The average molecular weight is 391 g/mol. The Hall–Kier alpha value is -3.35. The van der Waals surface area contributed by atoms with Crippen LogP contribution in [-0.4, -0.2) is 26.1 Å². The van der Waals surface area contributed by atoms with Gasteiger partial charge >= 0.3 is 0 Å². The molecule has 5 rings (SSSR count). The van der Waals surface area contributed by atoms with E-state index in [1.54, 1.807) is 6.20 Å². The number of aromatic nitrogens is 4. The minimum absolute atomic E-state index is 0.343. The molecule has 1 aliphatic rings. The zero-order valence-electron chi connectivity index (χ0n) is 15.7. The minimum Gasteiger partial charge on any atom is -0.349 e. The summed E-state index contributed by atoms with van der Waals surface area (Å²) in [7, 11) is 0. The first-order valence-corrected chi connectivity index (χ1v) is 9.61. The highest BCUT2D eigenvalue weighted by Gasteiger charge is 2.22. The van der Waals surface area contributed by atoms with Crippen molar-refractivity contribution in [3.8, 4) is 0 Å². The Labute approximate surface area is 166 Å². The van der Waals surface area contributed by atoms with Crippen LogP contribution in [0.3, 0.4) is 0 Å². The van der Waals surface area contributed by atoms with Gasteiger partial charge in [0.15, 0.2) is 11.6 Å². The normalized spacial score (nSPS) is 13.7. The van der Waals surface area contributed by atoms with Gasteiger partial charge in [0.1, 0.15) is 5.82 Å². The van der Waals surface area contributed by atoms with Crippen LogP contribution in [0.2, 0.25) is 0 Å². The number of anilines is 1. The van der Waals surface area contributed by atoms with Crippen molar-refractivity contribution in [3.05, 3.63) is 83.6 Å². The van der Waals surface area contributed by atoms with Crippen LogP contribution in [0, 0.1) is 11.6 Å². The Morgan fingerprint density at radius 1 is 0.966 bits per heavy atom. The number of rotatable bonds is 4. The number of imidazole rings is 1. The van der Waals surface area contributed by atoms with Crippen LogP contribution in [0.4, 0.5) is 14.6 Å². The number of nitrogens with zero attached hydrogens (tertiary/aromatic N) is 5. The lowest BCUT2D eigenvalue weighted by Gasteiger charge is -2.28. The van der Waals surface area contributed by atoms with E-state index in [4.69, 9.17) is 0 Å². The van der Waals surface area contributed by atoms with Crippen LogP contribution in [-0.2, 0) is 25.9 Å². The fourth-order valence-electron chi connectivity index (χ4n) is 3.80. The van der Waals surface area contributed by atoms with E-state index in [0.717, 1.165) is 43.8 Å². The molecule has 0 saturated carbocycles. The number of aryl methyl sites for hydroxylation is 2. The number of hydrogen-bond donors (Lipinski definition) is 0. The second-order valence-electron chi connectivity index (χ2n) is 7.22. The summed E-state index contributed by atoms with van der Waals surface area (Å²) in [6.45, 7) is 2.29. The zero-order valence-corrected chi connectivity index (χ0v) is 15.7. The highest BCUT2D eigenvalue weighted by molar-refractivity contribution is 5.75. The first kappa shape index (κ1) is 17.7. The quantitative estimate of drug-likeness (QED) is 0.529. The summed E-state index contributed by atoms with van der Waals surface area (Å²) in [5.74, 6) is -1.18. The standard InChI is InChI=1S/C22H19F2N5/c23-16-10-18-19(11-17(16)24)27-22(12-25-18)28-9-7-21-20(13-28)26-14-29(21)8-6-15-4-2-1-3-5-15/h1-5,10-12,14H,6-9,13H2. The molecule has 0 fully saturated rings. The Morgan fingerprint density at radius 3 is 2.59 bits per heavy atom. The average Bonchev–Trinajstić information content (AvgIpc) is 3.16. The van der Waals surface area contributed by atoms with Crippen LogP contribution < -0.4 is 4.90 Å². The van der Waals surface area contributed by atoms with Gasteiger partial charge in [-0.25, -0.2) is 18.7 Å². The highest BCUT2D eigenvalue weighted by Crippen LogP contribution is 2.24. The molecule has 0 saturated heterocycles. The van der Waals surface area contributed by atoms with Gasteiger partial charge in [-0.05, 0) is 12.0 Å². The van der Waals surface area contributed by atoms with Gasteiger partial charge in [0.05, 0.1) is 35.8 Å². The summed E-state index contributed by atoms with van der Waals surface area (Å²) >= 11 is 0. The molecular weight excluding hydrogens is 372 g/mol. The summed E-state index contributed by atoms with van der Waals surface area (Å²) in [6, 6.07) is 12.6. The fraction of sp³-hybridized carbons (Fsp3) is 0.227. The van der Waals surface area contributed by atoms with Gasteiger partial charge in [-0.1, -0.05) is 30.3 Å². The van der Waals surface area contributed by atoms with Crippen molar-refractivity contribution in [2.24, 2.45) is 0 Å². The first-order chi connectivity index (χ1) is 14.2. The van der Waals surface area contributed by atoms with Crippen molar-refractivity contribution in [1.82, 2.24) is 19.5 Å². The predicted octanol–water partition coefficient (Wildman–Crippen LogP) is 3.91. The topological polar surface area (TPSA) is 46.8 Å². The molecule has 2 aromatic heterocycles. The molecule has 0 N–H and O–H groups in total. The molecule has 0 unspecified atom stereocenters. The number of benzene rings is 2. The largest absolute Gasteiger partial charge is 0.349 e. The maximum atomic E-state index is 13.5. The molecule has 0 radical (unpaired) electrons. The molecule has 4 aromatic rings. The van der Waals surface area contributed by atoms with Gasteiger partial charge in [-0.15, -0.1) is 0 Å². The Kier molecular flexibility index (Phi) is 4.42. The minimum atomic E-state index is -0.915. The number of halogens is 2. The van der Waals surface area contributed by atoms with E-state index >= 15 is 0 Å². The maximum Gasteiger partial charge on any atom is 0.161 e. The van der Waals surface area contributed by atoms with Gasteiger partial charge in [0, 0.05) is 37.3 Å². The van der Waals surface area contributed by atoms with E-state index in [0.29, 0.717) is 23.4 Å². The fourth-order valence-corrected chi connectivity index (χ4v) is 3.80. The van der Waals surface area contributed by atoms with Crippen molar-refractivity contribution in [2.75, 3.05) is 11.4 Å². The van der Waals surface area contributed by atoms with Crippen LogP contribution in [0.5, 0.6) is 0 Å². The SMILES string of the molecule is Fc1cc2ncc(N3CCc4c(ncn4CCc4ccccc4)C3)nc2cc1F. The first-order valence-electron chi connectivity index (χ1n) is 9.61. The molecule has 2 aromatic carbocycles. The van der Waals surface area contributed by atoms with Crippen LogP contribution in [0.1, 0.15) is 17.0 Å². The summed E-state index contributed by atoms with van der Waals surface area (Å²) in [5.41, 5.74) is 4.27. The van der Waals surface area contributed by atoms with Crippen molar-refractivity contribution in [1.29, 1.82) is 0 Å². The molecular formula is C22H19F2N5. The maximum absolute atomic E-state index is 13.5. The van der Waals surface area contributed by atoms with Gasteiger partial charge in [-0.2, -0.15) is 0 Å². The monoisotopic (exact) mass is 391 g/mol. The molecule has 0 bridgehead atoms. The van der Waals surface area contributed by atoms with Crippen molar-refractivity contribution in [2.45, 2.75) is 25.9 Å². The van der Waals surface area contributed by atoms with Crippen molar-refractivity contribution >= 4 is 16.9 Å². The lowest BCUT2D eigenvalue weighted by Crippen LogP contribution is -2.32. The summed E-state index contributed by atoms with van der Waals surface area (Å²) in [6.07, 6.45) is 5.33. The molecule has 1 aliphatic heterocycles.